The number of sulfonamides is 1. The first-order valence-electron chi connectivity index (χ1n) is 5.38. The first-order valence-corrected chi connectivity index (χ1v) is 6.87. The van der Waals surface area contributed by atoms with Crippen LogP contribution in [0.5, 0.6) is 0 Å². The average molecular weight is 254 g/mol. The molecule has 1 aliphatic carbocycles. The maximum absolute atomic E-state index is 11.9. The number of carbonyl (C=O) groups excluding carboxylic acids is 1. The molecule has 0 radical (unpaired) electrons. The number of hydrogen-bond acceptors (Lipinski definition) is 3. The van der Waals surface area contributed by atoms with E-state index in [9.17, 15) is 13.2 Å². The molecule has 1 aromatic rings. The van der Waals surface area contributed by atoms with Crippen LogP contribution in [-0.4, -0.2) is 20.9 Å². The van der Waals surface area contributed by atoms with Crippen molar-refractivity contribution in [2.75, 3.05) is 6.54 Å². The molecule has 1 fully saturated rings. The van der Waals surface area contributed by atoms with Crippen LogP contribution >= 0.6 is 0 Å². The molecule has 2 rings (SSSR count). The Morgan fingerprint density at radius 2 is 2.12 bits per heavy atom. The minimum Gasteiger partial charge on any atom is -0.366 e. The first kappa shape index (κ1) is 12.1. The number of primary amides is 1. The zero-order chi connectivity index (χ0) is 12.5. The second-order valence-electron chi connectivity index (χ2n) is 4.19. The summed E-state index contributed by atoms with van der Waals surface area (Å²) in [7, 11) is -3.53. The van der Waals surface area contributed by atoms with Crippen LogP contribution in [0.4, 0.5) is 0 Å². The van der Waals surface area contributed by atoms with Crippen molar-refractivity contribution in [2.24, 2.45) is 11.7 Å². The van der Waals surface area contributed by atoms with Crippen molar-refractivity contribution in [3.05, 3.63) is 29.8 Å². The van der Waals surface area contributed by atoms with Gasteiger partial charge in [0.2, 0.25) is 15.9 Å². The molecule has 0 spiro atoms. The number of hydrogen-bond donors (Lipinski definition) is 2. The third-order valence-corrected chi connectivity index (χ3v) is 4.11. The number of rotatable bonds is 5. The Morgan fingerprint density at radius 1 is 1.41 bits per heavy atom. The number of nitrogens with one attached hydrogen (secondary N) is 1. The van der Waals surface area contributed by atoms with E-state index in [4.69, 9.17) is 5.73 Å². The highest BCUT2D eigenvalue weighted by molar-refractivity contribution is 7.89. The Morgan fingerprint density at radius 3 is 2.71 bits per heavy atom. The summed E-state index contributed by atoms with van der Waals surface area (Å²) < 4.78 is 26.3. The minimum atomic E-state index is -3.53. The van der Waals surface area contributed by atoms with Crippen molar-refractivity contribution in [3.8, 4) is 0 Å². The molecule has 0 heterocycles. The zero-order valence-corrected chi connectivity index (χ0v) is 10.0. The number of nitrogens with two attached hydrogens (primary N) is 1. The Bertz CT molecular complexity index is 535. The molecule has 1 saturated carbocycles. The Hall–Kier alpha value is -1.40. The smallest absolute Gasteiger partial charge is 0.248 e. The van der Waals surface area contributed by atoms with Gasteiger partial charge in [-0.25, -0.2) is 13.1 Å². The van der Waals surface area contributed by atoms with Gasteiger partial charge in [0.25, 0.3) is 0 Å². The second-order valence-corrected chi connectivity index (χ2v) is 5.95. The molecule has 1 amide bonds. The van der Waals surface area contributed by atoms with Crippen LogP contribution in [0, 0.1) is 5.92 Å². The molecular weight excluding hydrogens is 240 g/mol. The molecule has 5 nitrogen and oxygen atoms in total. The molecule has 0 aromatic heterocycles. The summed E-state index contributed by atoms with van der Waals surface area (Å²) in [6.07, 6.45) is 2.15. The summed E-state index contributed by atoms with van der Waals surface area (Å²) in [6, 6.07) is 5.73. The fraction of sp³-hybridized carbons (Fsp3) is 0.364. The Balaban J connectivity index is 2.19. The van der Waals surface area contributed by atoms with Crippen LogP contribution in [-0.2, 0) is 10.0 Å². The molecule has 0 unspecified atom stereocenters. The summed E-state index contributed by atoms with van der Waals surface area (Å²) in [5.74, 6) is -0.173. The molecule has 17 heavy (non-hydrogen) atoms. The van der Waals surface area contributed by atoms with Gasteiger partial charge in [-0.3, -0.25) is 4.79 Å². The standard InChI is InChI=1S/C11H14N2O3S/c12-11(14)9-2-1-3-10(6-9)17(15,16)13-7-8-4-5-8/h1-3,6,8,13H,4-5,7H2,(H2,12,14). The minimum absolute atomic E-state index is 0.0782. The molecule has 1 aliphatic rings. The maximum atomic E-state index is 11.9. The van der Waals surface area contributed by atoms with Gasteiger partial charge >= 0.3 is 0 Å². The largest absolute Gasteiger partial charge is 0.366 e. The molecule has 3 N–H and O–H groups in total. The van der Waals surface area contributed by atoms with Gasteiger partial charge in [-0.2, -0.15) is 0 Å². The van der Waals surface area contributed by atoms with E-state index in [0.717, 1.165) is 12.8 Å². The molecule has 6 heteroatoms. The summed E-state index contributed by atoms with van der Waals surface area (Å²) in [5, 5.41) is 0. The van der Waals surface area contributed by atoms with Crippen molar-refractivity contribution < 1.29 is 13.2 Å². The third-order valence-electron chi connectivity index (χ3n) is 2.69. The van der Waals surface area contributed by atoms with Crippen molar-refractivity contribution >= 4 is 15.9 Å². The highest BCUT2D eigenvalue weighted by atomic mass is 32.2. The lowest BCUT2D eigenvalue weighted by atomic mass is 10.2. The van der Waals surface area contributed by atoms with E-state index in [1.807, 2.05) is 0 Å². The van der Waals surface area contributed by atoms with Crippen LogP contribution in [0.15, 0.2) is 29.2 Å². The van der Waals surface area contributed by atoms with E-state index in [-0.39, 0.29) is 10.5 Å². The van der Waals surface area contributed by atoms with Gasteiger partial charge in [0.1, 0.15) is 0 Å². The van der Waals surface area contributed by atoms with E-state index in [0.29, 0.717) is 12.5 Å². The topological polar surface area (TPSA) is 89.3 Å². The highest BCUT2D eigenvalue weighted by Crippen LogP contribution is 2.28. The maximum Gasteiger partial charge on any atom is 0.248 e. The molecule has 0 bridgehead atoms. The quantitative estimate of drug-likeness (QED) is 0.800. The van der Waals surface area contributed by atoms with Gasteiger partial charge in [0.05, 0.1) is 4.90 Å². The normalized spacial score (nSPS) is 15.8. The lowest BCUT2D eigenvalue weighted by Gasteiger charge is -2.06. The van der Waals surface area contributed by atoms with Gasteiger partial charge < -0.3 is 5.73 Å². The molecule has 0 saturated heterocycles. The summed E-state index contributed by atoms with van der Waals surface area (Å²) >= 11 is 0. The Labute approximate surface area is 100 Å². The van der Waals surface area contributed by atoms with Gasteiger partial charge in [-0.1, -0.05) is 6.07 Å². The lowest BCUT2D eigenvalue weighted by molar-refractivity contribution is 0.1000. The van der Waals surface area contributed by atoms with E-state index in [1.165, 1.54) is 24.3 Å². The van der Waals surface area contributed by atoms with Crippen molar-refractivity contribution in [1.29, 1.82) is 0 Å². The molecular formula is C11H14N2O3S. The Kier molecular flexibility index (Phi) is 3.17. The lowest BCUT2D eigenvalue weighted by Crippen LogP contribution is -2.26. The molecule has 92 valence electrons. The molecule has 0 aliphatic heterocycles. The first-order chi connectivity index (χ1) is 7.99. The number of carbonyl (C=O) groups is 1. The average Bonchev–Trinajstić information content (AvgIpc) is 3.10. The van der Waals surface area contributed by atoms with E-state index >= 15 is 0 Å². The summed E-state index contributed by atoms with van der Waals surface area (Å²) in [6.45, 7) is 0.461. The number of amides is 1. The van der Waals surface area contributed by atoms with Gasteiger partial charge in [0, 0.05) is 12.1 Å². The van der Waals surface area contributed by atoms with Gasteiger partial charge in [-0.05, 0) is 37.0 Å². The summed E-state index contributed by atoms with van der Waals surface area (Å²) in [5.41, 5.74) is 5.30. The molecule has 0 atom stereocenters. The second kappa shape index (κ2) is 4.46. The van der Waals surface area contributed by atoms with Crippen LogP contribution in [0.2, 0.25) is 0 Å². The highest BCUT2D eigenvalue weighted by Gasteiger charge is 2.24. The third kappa shape index (κ3) is 3.04. The fourth-order valence-corrected chi connectivity index (χ4v) is 2.61. The van der Waals surface area contributed by atoms with Crippen LogP contribution < -0.4 is 10.5 Å². The van der Waals surface area contributed by atoms with Gasteiger partial charge in [0.15, 0.2) is 0 Å². The van der Waals surface area contributed by atoms with E-state index in [1.54, 1.807) is 0 Å². The number of benzene rings is 1. The summed E-state index contributed by atoms with van der Waals surface area (Å²) in [4.78, 5) is 11.0. The van der Waals surface area contributed by atoms with Crippen molar-refractivity contribution in [1.82, 2.24) is 4.72 Å². The van der Waals surface area contributed by atoms with Crippen LogP contribution in [0.25, 0.3) is 0 Å². The molecule has 1 aromatic carbocycles. The van der Waals surface area contributed by atoms with Crippen LogP contribution in [0.1, 0.15) is 23.2 Å². The van der Waals surface area contributed by atoms with Crippen LogP contribution in [0.3, 0.4) is 0 Å². The van der Waals surface area contributed by atoms with Crippen molar-refractivity contribution in [2.45, 2.75) is 17.7 Å². The monoisotopic (exact) mass is 254 g/mol. The zero-order valence-electron chi connectivity index (χ0n) is 9.22. The van der Waals surface area contributed by atoms with E-state index in [2.05, 4.69) is 4.72 Å². The predicted molar refractivity (Wildman–Crippen MR) is 62.9 cm³/mol. The van der Waals surface area contributed by atoms with Gasteiger partial charge in [-0.15, -0.1) is 0 Å². The van der Waals surface area contributed by atoms with E-state index < -0.39 is 15.9 Å². The SMILES string of the molecule is NC(=O)c1cccc(S(=O)(=O)NCC2CC2)c1. The fourth-order valence-electron chi connectivity index (χ4n) is 1.45. The van der Waals surface area contributed by atoms with Crippen molar-refractivity contribution in [3.63, 3.8) is 0 Å². The predicted octanol–water partition coefficient (Wildman–Crippen LogP) is 0.474.